The van der Waals surface area contributed by atoms with Crippen LogP contribution in [0.15, 0.2) is 23.3 Å². The number of esters is 2. The predicted molar refractivity (Wildman–Crippen MR) is 186 cm³/mol. The Morgan fingerprint density at radius 3 is 1.33 bits per heavy atom. The Kier molecular flexibility index (Phi) is 27.2. The first-order valence-corrected chi connectivity index (χ1v) is 18.1. The molecule has 0 bridgehead atoms. The molecule has 0 aromatic rings. The van der Waals surface area contributed by atoms with Crippen LogP contribution in [0.3, 0.4) is 0 Å². The van der Waals surface area contributed by atoms with E-state index in [1.807, 2.05) is 13.8 Å². The van der Waals surface area contributed by atoms with Gasteiger partial charge in [0.2, 0.25) is 0 Å². The lowest BCUT2D eigenvalue weighted by Crippen LogP contribution is -2.32. The highest BCUT2D eigenvalue weighted by Gasteiger charge is 2.25. The summed E-state index contributed by atoms with van der Waals surface area (Å²) in [5.74, 6) is 1.82. The molecule has 0 aliphatic heterocycles. The zero-order valence-electron chi connectivity index (χ0n) is 29.5. The Morgan fingerprint density at radius 2 is 1.02 bits per heavy atom. The van der Waals surface area contributed by atoms with Gasteiger partial charge in [0.15, 0.2) is 12.6 Å². The summed E-state index contributed by atoms with van der Waals surface area (Å²) >= 11 is 12.9. The fourth-order valence-electron chi connectivity index (χ4n) is 4.55. The average molecular weight is 680 g/mol. The molecule has 4 unspecified atom stereocenters. The number of carbonyl (C=O) groups excluding carboxylic acids is 2. The molecule has 0 aromatic carbocycles. The largest absolute Gasteiger partial charge is 0.466 e. The SMILES string of the molecule is CCOC(=O)CCC(C)=CCCC(CCl)CC(OCC(C)C)OC(CC(CCl)CCC=C(C)CCC(=O)OCC)OCC(C)C. The standard InChI is InChI=1S/C36H64Cl2O7/c1-9-41-33(39)19-17-29(7)13-11-15-31(23-37)21-35(43-25-27(3)4)45-36(44-26-28(5)6)22-32(24-38)16-12-14-30(8)18-20-34(40)42-10-2/h13-14,27-28,31-32,35-36H,9-12,15-26H2,1-8H3. The lowest BCUT2D eigenvalue weighted by Gasteiger charge is -2.30. The number of ether oxygens (including phenoxy) is 5. The maximum atomic E-state index is 11.7. The number of allylic oxidation sites excluding steroid dienone is 4. The lowest BCUT2D eigenvalue weighted by atomic mass is 9.98. The molecule has 0 aromatic heterocycles. The van der Waals surface area contributed by atoms with Gasteiger partial charge in [-0.25, -0.2) is 0 Å². The van der Waals surface area contributed by atoms with Crippen LogP contribution in [0, 0.1) is 23.7 Å². The van der Waals surface area contributed by atoms with Crippen molar-refractivity contribution in [2.45, 2.75) is 132 Å². The van der Waals surface area contributed by atoms with E-state index < -0.39 is 12.6 Å². The number of alkyl halides is 2. The summed E-state index contributed by atoms with van der Waals surface area (Å²) in [5, 5.41) is 0. The fourth-order valence-corrected chi connectivity index (χ4v) is 5.12. The highest BCUT2D eigenvalue weighted by molar-refractivity contribution is 6.18. The van der Waals surface area contributed by atoms with E-state index >= 15 is 0 Å². The van der Waals surface area contributed by atoms with Crippen LogP contribution in [-0.4, -0.2) is 62.7 Å². The normalized spacial score (nSPS) is 15.3. The quantitative estimate of drug-likeness (QED) is 0.0353. The van der Waals surface area contributed by atoms with Gasteiger partial charge in [-0.15, -0.1) is 23.2 Å². The van der Waals surface area contributed by atoms with E-state index in [0.717, 1.165) is 25.7 Å². The number of rotatable bonds is 28. The Balaban J connectivity index is 5.32. The van der Waals surface area contributed by atoms with Gasteiger partial charge in [0.25, 0.3) is 0 Å². The van der Waals surface area contributed by atoms with Crippen LogP contribution in [-0.2, 0) is 33.3 Å². The molecule has 0 spiro atoms. The molecule has 4 atom stereocenters. The monoisotopic (exact) mass is 678 g/mol. The molecular weight excluding hydrogens is 615 g/mol. The summed E-state index contributed by atoms with van der Waals surface area (Å²) in [5.41, 5.74) is 2.36. The van der Waals surface area contributed by atoms with E-state index in [1.54, 1.807) is 0 Å². The number of hydrogen-bond donors (Lipinski definition) is 0. The molecule has 0 N–H and O–H groups in total. The molecule has 9 heteroatoms. The van der Waals surface area contributed by atoms with Crippen molar-refractivity contribution in [3.8, 4) is 0 Å². The van der Waals surface area contributed by atoms with Gasteiger partial charge in [0.05, 0.1) is 26.4 Å². The Hall–Kier alpha value is -1.12. The van der Waals surface area contributed by atoms with Crippen molar-refractivity contribution in [2.75, 3.05) is 38.2 Å². The highest BCUT2D eigenvalue weighted by atomic mass is 35.5. The second-order valence-electron chi connectivity index (χ2n) is 12.8. The van der Waals surface area contributed by atoms with E-state index in [2.05, 4.69) is 53.7 Å². The van der Waals surface area contributed by atoms with Gasteiger partial charge in [-0.2, -0.15) is 0 Å². The third-order valence-electron chi connectivity index (χ3n) is 7.22. The minimum absolute atomic E-state index is 0.158. The van der Waals surface area contributed by atoms with Crippen molar-refractivity contribution in [1.82, 2.24) is 0 Å². The molecule has 0 saturated carbocycles. The van der Waals surface area contributed by atoms with E-state index in [1.165, 1.54) is 11.1 Å². The number of halogens is 2. The maximum absolute atomic E-state index is 11.7. The van der Waals surface area contributed by atoms with Gasteiger partial charge in [-0.1, -0.05) is 51.0 Å². The van der Waals surface area contributed by atoms with Crippen LogP contribution in [0.4, 0.5) is 0 Å². The van der Waals surface area contributed by atoms with Crippen molar-refractivity contribution in [1.29, 1.82) is 0 Å². The maximum Gasteiger partial charge on any atom is 0.306 e. The van der Waals surface area contributed by atoms with E-state index in [9.17, 15) is 9.59 Å². The molecular formula is C36H64Cl2O7. The number of hydrogen-bond acceptors (Lipinski definition) is 7. The summed E-state index contributed by atoms with van der Waals surface area (Å²) in [6.07, 6.45) is 10.6. The van der Waals surface area contributed by atoms with Crippen LogP contribution in [0.5, 0.6) is 0 Å². The molecule has 45 heavy (non-hydrogen) atoms. The average Bonchev–Trinajstić information content (AvgIpc) is 2.99. The number of carbonyl (C=O) groups is 2. The van der Waals surface area contributed by atoms with E-state index in [0.29, 0.717) is 88.5 Å². The van der Waals surface area contributed by atoms with E-state index in [4.69, 9.17) is 46.9 Å². The second-order valence-corrected chi connectivity index (χ2v) is 13.4. The van der Waals surface area contributed by atoms with Crippen LogP contribution in [0.1, 0.15) is 120 Å². The molecule has 0 fully saturated rings. The van der Waals surface area contributed by atoms with Gasteiger partial charge in [0.1, 0.15) is 0 Å². The highest BCUT2D eigenvalue weighted by Crippen LogP contribution is 2.25. The van der Waals surface area contributed by atoms with Crippen LogP contribution in [0.2, 0.25) is 0 Å². The summed E-state index contributed by atoms with van der Waals surface area (Å²) in [6, 6.07) is 0. The first-order valence-electron chi connectivity index (χ1n) is 17.1. The molecule has 0 saturated heterocycles. The Bertz CT molecular complexity index is 762. The smallest absolute Gasteiger partial charge is 0.306 e. The van der Waals surface area contributed by atoms with E-state index in [-0.39, 0.29) is 23.8 Å². The Labute approximate surface area is 285 Å². The van der Waals surface area contributed by atoms with Gasteiger partial charge in [0, 0.05) is 37.4 Å². The summed E-state index contributed by atoms with van der Waals surface area (Å²) in [4.78, 5) is 23.4. The van der Waals surface area contributed by atoms with Gasteiger partial charge in [-0.3, -0.25) is 9.59 Å². The molecule has 0 aliphatic rings. The van der Waals surface area contributed by atoms with Crippen molar-refractivity contribution >= 4 is 35.1 Å². The van der Waals surface area contributed by atoms with Crippen LogP contribution >= 0.6 is 23.2 Å². The lowest BCUT2D eigenvalue weighted by molar-refractivity contribution is -0.259. The zero-order valence-corrected chi connectivity index (χ0v) is 31.1. The molecule has 0 radical (unpaired) electrons. The third kappa shape index (κ3) is 25.6. The van der Waals surface area contributed by atoms with Crippen molar-refractivity contribution in [2.24, 2.45) is 23.7 Å². The first-order chi connectivity index (χ1) is 21.4. The summed E-state index contributed by atoms with van der Waals surface area (Å²) in [7, 11) is 0. The van der Waals surface area contributed by atoms with Crippen molar-refractivity contribution < 1.29 is 33.3 Å². The summed E-state index contributed by atoms with van der Waals surface area (Å²) in [6.45, 7) is 18.2. The first kappa shape index (κ1) is 43.9. The zero-order chi connectivity index (χ0) is 34.0. The minimum atomic E-state index is -0.441. The molecule has 264 valence electrons. The summed E-state index contributed by atoms with van der Waals surface area (Å²) < 4.78 is 29.2. The predicted octanol–water partition coefficient (Wildman–Crippen LogP) is 9.63. The second kappa shape index (κ2) is 27.9. The van der Waals surface area contributed by atoms with Crippen LogP contribution < -0.4 is 0 Å². The van der Waals surface area contributed by atoms with Gasteiger partial charge >= 0.3 is 11.9 Å². The molecule has 0 rings (SSSR count). The molecule has 0 aliphatic carbocycles. The minimum Gasteiger partial charge on any atom is -0.466 e. The molecule has 0 heterocycles. The van der Waals surface area contributed by atoms with Gasteiger partial charge in [-0.05, 0) is 89.9 Å². The van der Waals surface area contributed by atoms with Crippen LogP contribution in [0.25, 0.3) is 0 Å². The fraction of sp³-hybridized carbons (Fsp3) is 0.833. The van der Waals surface area contributed by atoms with Gasteiger partial charge < -0.3 is 23.7 Å². The topological polar surface area (TPSA) is 80.3 Å². The van der Waals surface area contributed by atoms with Crippen molar-refractivity contribution in [3.05, 3.63) is 23.3 Å². The third-order valence-corrected chi connectivity index (χ3v) is 8.09. The Morgan fingerprint density at radius 1 is 0.644 bits per heavy atom. The molecule has 7 nitrogen and oxygen atoms in total. The van der Waals surface area contributed by atoms with Crippen molar-refractivity contribution in [3.63, 3.8) is 0 Å². The molecule has 0 amide bonds.